The zero-order valence-electron chi connectivity index (χ0n) is 21.3. The second kappa shape index (κ2) is 19.9. The Balaban J connectivity index is 3.77. The van der Waals surface area contributed by atoms with E-state index in [1.807, 2.05) is 20.8 Å². The lowest BCUT2D eigenvalue weighted by Gasteiger charge is -2.14. The van der Waals surface area contributed by atoms with Crippen molar-refractivity contribution < 1.29 is 13.7 Å². The van der Waals surface area contributed by atoms with Gasteiger partial charge in [-0.15, -0.1) is 0 Å². The van der Waals surface area contributed by atoms with Crippen molar-refractivity contribution in [3.63, 3.8) is 0 Å². The van der Waals surface area contributed by atoms with Crippen LogP contribution in [0.5, 0.6) is 0 Å². The van der Waals surface area contributed by atoms with Crippen LogP contribution in [0.25, 0.3) is 0 Å². The van der Waals surface area contributed by atoms with E-state index in [0.29, 0.717) is 18.7 Å². The summed E-state index contributed by atoms with van der Waals surface area (Å²) in [7, 11) is -1.42. The molecular formula is C26H51NO3S. The van der Waals surface area contributed by atoms with Crippen LogP contribution in [-0.2, 0) is 20.5 Å². The number of ether oxygens (including phenoxy) is 1. The standard InChI is InChI=1S/C26H51NO3S/c1-6-8-9-10-11-12-13-14-15-16-17-18-19-20-21-22-23-24(25(28)30-7-2)27-31(29)26(3,4)5/h6-23H2,1-5H3/b27-24+/t31-/m1/s1. The molecule has 0 heterocycles. The summed E-state index contributed by atoms with van der Waals surface area (Å²) in [6, 6.07) is 0. The van der Waals surface area contributed by atoms with Gasteiger partial charge >= 0.3 is 5.97 Å². The van der Waals surface area contributed by atoms with Crippen LogP contribution in [-0.4, -0.2) is 27.2 Å². The number of hydrogen-bond acceptors (Lipinski definition) is 3. The van der Waals surface area contributed by atoms with Crippen LogP contribution in [0.1, 0.15) is 144 Å². The molecule has 184 valence electrons. The number of nitrogens with zero attached hydrogens (tertiary/aromatic N) is 1. The van der Waals surface area contributed by atoms with Crippen molar-refractivity contribution >= 4 is 22.7 Å². The van der Waals surface area contributed by atoms with Gasteiger partial charge < -0.3 is 4.74 Å². The Kier molecular flexibility index (Phi) is 19.5. The zero-order chi connectivity index (χ0) is 23.4. The van der Waals surface area contributed by atoms with Gasteiger partial charge in [-0.2, -0.15) is 4.40 Å². The summed E-state index contributed by atoms with van der Waals surface area (Å²) in [4.78, 5) is 12.1. The third kappa shape index (κ3) is 18.6. The van der Waals surface area contributed by atoms with Crippen molar-refractivity contribution in [3.8, 4) is 0 Å². The van der Waals surface area contributed by atoms with Gasteiger partial charge in [0.2, 0.25) is 0 Å². The lowest BCUT2D eigenvalue weighted by molar-refractivity contribution is -0.135. The van der Waals surface area contributed by atoms with Gasteiger partial charge in [-0.3, -0.25) is 0 Å². The van der Waals surface area contributed by atoms with Crippen LogP contribution in [0.2, 0.25) is 0 Å². The molecule has 0 amide bonds. The molecule has 0 saturated heterocycles. The number of rotatable bonds is 20. The van der Waals surface area contributed by atoms with Crippen molar-refractivity contribution in [3.05, 3.63) is 0 Å². The van der Waals surface area contributed by atoms with Gasteiger partial charge in [-0.1, -0.05) is 103 Å². The molecule has 0 bridgehead atoms. The van der Waals surface area contributed by atoms with Crippen LogP contribution >= 0.6 is 0 Å². The zero-order valence-corrected chi connectivity index (χ0v) is 22.1. The second-order valence-corrected chi connectivity index (χ2v) is 11.6. The van der Waals surface area contributed by atoms with E-state index in [2.05, 4.69) is 11.3 Å². The summed E-state index contributed by atoms with van der Waals surface area (Å²) < 4.78 is 21.1. The van der Waals surface area contributed by atoms with Crippen molar-refractivity contribution in [1.29, 1.82) is 0 Å². The van der Waals surface area contributed by atoms with Crippen LogP contribution in [0, 0.1) is 0 Å². The Bertz CT molecular complexity index is 497. The van der Waals surface area contributed by atoms with Crippen molar-refractivity contribution in [1.82, 2.24) is 0 Å². The normalized spacial score (nSPS) is 13.4. The fraction of sp³-hybridized carbons (Fsp3) is 0.923. The number of unbranched alkanes of at least 4 members (excludes halogenated alkanes) is 15. The van der Waals surface area contributed by atoms with Crippen molar-refractivity contribution in [2.75, 3.05) is 6.61 Å². The first kappa shape index (κ1) is 30.3. The Morgan fingerprint density at radius 2 is 1.10 bits per heavy atom. The molecule has 0 aromatic heterocycles. The summed E-state index contributed by atoms with van der Waals surface area (Å²) in [6.07, 6.45) is 21.6. The highest BCUT2D eigenvalue weighted by atomic mass is 32.2. The van der Waals surface area contributed by atoms with E-state index in [9.17, 15) is 9.00 Å². The Labute approximate surface area is 196 Å². The van der Waals surface area contributed by atoms with Gasteiger partial charge in [-0.25, -0.2) is 9.00 Å². The van der Waals surface area contributed by atoms with E-state index in [1.165, 1.54) is 89.9 Å². The molecule has 5 heteroatoms. The van der Waals surface area contributed by atoms with Crippen LogP contribution in [0.4, 0.5) is 0 Å². The summed E-state index contributed by atoms with van der Waals surface area (Å²) in [6.45, 7) is 9.97. The van der Waals surface area contributed by atoms with Crippen LogP contribution in [0.3, 0.4) is 0 Å². The minimum absolute atomic E-state index is 0.318. The summed E-state index contributed by atoms with van der Waals surface area (Å²) in [5.41, 5.74) is 0.334. The SMILES string of the molecule is CCCCCCCCCCCCCCCCCC/C(=N\[S@](=O)C(C)(C)C)C(=O)OCC. The van der Waals surface area contributed by atoms with E-state index < -0.39 is 21.7 Å². The topological polar surface area (TPSA) is 55.7 Å². The highest BCUT2D eigenvalue weighted by Gasteiger charge is 2.22. The molecule has 0 spiro atoms. The van der Waals surface area contributed by atoms with Crippen molar-refractivity contribution in [2.45, 2.75) is 149 Å². The van der Waals surface area contributed by atoms with Gasteiger partial charge in [0.25, 0.3) is 0 Å². The number of carbonyl (C=O) groups is 1. The molecule has 0 saturated carbocycles. The average molecular weight is 458 g/mol. The second-order valence-electron chi connectivity index (χ2n) is 9.67. The molecule has 31 heavy (non-hydrogen) atoms. The maximum absolute atomic E-state index is 12.3. The maximum atomic E-state index is 12.3. The monoisotopic (exact) mass is 457 g/mol. The molecule has 0 aliphatic heterocycles. The summed E-state index contributed by atoms with van der Waals surface area (Å²) in [5, 5.41) is 0. The smallest absolute Gasteiger partial charge is 0.353 e. The molecule has 0 aromatic carbocycles. The average Bonchev–Trinajstić information content (AvgIpc) is 2.71. The molecule has 0 fully saturated rings. The van der Waals surface area contributed by atoms with Gasteiger partial charge in [-0.05, 0) is 40.5 Å². The van der Waals surface area contributed by atoms with E-state index in [-0.39, 0.29) is 0 Å². The molecule has 0 rings (SSSR count). The molecule has 0 radical (unpaired) electrons. The molecule has 0 aliphatic carbocycles. The first-order chi connectivity index (χ1) is 14.8. The molecule has 0 N–H and O–H groups in total. The minimum Gasteiger partial charge on any atom is -0.461 e. The fourth-order valence-corrected chi connectivity index (χ4v) is 4.12. The Hall–Kier alpha value is -0.710. The number of hydrogen-bond donors (Lipinski definition) is 0. The van der Waals surface area contributed by atoms with Gasteiger partial charge in [0.1, 0.15) is 16.7 Å². The minimum atomic E-state index is -1.42. The third-order valence-electron chi connectivity index (χ3n) is 5.50. The first-order valence-electron chi connectivity index (χ1n) is 13.0. The molecule has 4 nitrogen and oxygen atoms in total. The highest BCUT2D eigenvalue weighted by molar-refractivity contribution is 7.85. The van der Waals surface area contributed by atoms with Gasteiger partial charge in [0, 0.05) is 0 Å². The summed E-state index contributed by atoms with van der Waals surface area (Å²) >= 11 is 0. The summed E-state index contributed by atoms with van der Waals surface area (Å²) in [5.74, 6) is -0.416. The molecule has 0 unspecified atom stereocenters. The largest absolute Gasteiger partial charge is 0.461 e. The van der Waals surface area contributed by atoms with Gasteiger partial charge in [0.15, 0.2) is 0 Å². The number of carbonyl (C=O) groups excluding carboxylic acids is 1. The highest BCUT2D eigenvalue weighted by Crippen LogP contribution is 2.16. The first-order valence-corrected chi connectivity index (χ1v) is 14.1. The van der Waals surface area contributed by atoms with E-state index in [0.717, 1.165) is 12.8 Å². The van der Waals surface area contributed by atoms with Crippen LogP contribution < -0.4 is 0 Å². The van der Waals surface area contributed by atoms with E-state index >= 15 is 0 Å². The predicted octanol–water partition coefficient (Wildman–Crippen LogP) is 8.10. The van der Waals surface area contributed by atoms with E-state index in [1.54, 1.807) is 6.92 Å². The number of esters is 1. The maximum Gasteiger partial charge on any atom is 0.353 e. The lowest BCUT2D eigenvalue weighted by atomic mass is 10.0. The van der Waals surface area contributed by atoms with Gasteiger partial charge in [0.05, 0.1) is 11.4 Å². The molecular weight excluding hydrogens is 406 g/mol. The Morgan fingerprint density at radius 1 is 0.710 bits per heavy atom. The molecule has 1 atom stereocenters. The third-order valence-corrected chi connectivity index (χ3v) is 6.93. The fourth-order valence-electron chi connectivity index (χ4n) is 3.48. The molecule has 0 aliphatic rings. The van der Waals surface area contributed by atoms with Crippen LogP contribution in [0.15, 0.2) is 4.40 Å². The Morgan fingerprint density at radius 3 is 1.45 bits per heavy atom. The van der Waals surface area contributed by atoms with Crippen molar-refractivity contribution in [2.24, 2.45) is 4.40 Å². The predicted molar refractivity (Wildman–Crippen MR) is 136 cm³/mol. The molecule has 0 aromatic rings. The quantitative estimate of drug-likeness (QED) is 0.105. The van der Waals surface area contributed by atoms with E-state index in [4.69, 9.17) is 4.74 Å². The lowest BCUT2D eigenvalue weighted by Crippen LogP contribution is -2.24.